The first kappa shape index (κ1) is 16.5. The van der Waals surface area contributed by atoms with E-state index >= 15 is 0 Å². The molecule has 0 radical (unpaired) electrons. The number of rotatable bonds is 6. The van der Waals surface area contributed by atoms with E-state index in [1.54, 1.807) is 22.9 Å². The largest absolute Gasteiger partial charge is 0.478 e. The Bertz CT molecular complexity index is 906. The predicted molar refractivity (Wildman–Crippen MR) is 92.4 cm³/mol. The first-order chi connectivity index (χ1) is 12.2. The lowest BCUT2D eigenvalue weighted by molar-refractivity contribution is 0.0697. The van der Waals surface area contributed by atoms with Gasteiger partial charge in [0.1, 0.15) is 6.07 Å². The zero-order valence-electron chi connectivity index (χ0n) is 13.4. The highest BCUT2D eigenvalue weighted by molar-refractivity contribution is 5.87. The highest BCUT2D eigenvalue weighted by atomic mass is 16.5. The Morgan fingerprint density at radius 1 is 1.04 bits per heavy atom. The number of benzene rings is 2. The number of hydrogen-bond donors (Lipinski definition) is 1. The third-order valence-electron chi connectivity index (χ3n) is 3.81. The van der Waals surface area contributed by atoms with Crippen molar-refractivity contribution in [3.8, 4) is 11.8 Å². The van der Waals surface area contributed by atoms with Gasteiger partial charge >= 0.3 is 5.97 Å². The fourth-order valence-electron chi connectivity index (χ4n) is 2.49. The smallest absolute Gasteiger partial charge is 0.335 e. The van der Waals surface area contributed by atoms with Gasteiger partial charge in [-0.1, -0.05) is 30.3 Å². The average molecular weight is 332 g/mol. The van der Waals surface area contributed by atoms with E-state index in [1.807, 2.05) is 36.5 Å². The van der Waals surface area contributed by atoms with E-state index in [2.05, 4.69) is 6.07 Å². The van der Waals surface area contributed by atoms with E-state index in [4.69, 9.17) is 9.84 Å². The fraction of sp³-hybridized carbons (Fsp3) is 0.100. The van der Waals surface area contributed by atoms with Gasteiger partial charge in [0.15, 0.2) is 0 Å². The highest BCUT2D eigenvalue weighted by Crippen LogP contribution is 2.17. The van der Waals surface area contributed by atoms with Crippen molar-refractivity contribution < 1.29 is 14.6 Å². The van der Waals surface area contributed by atoms with E-state index in [9.17, 15) is 10.1 Å². The molecular formula is C20H16N2O3. The molecule has 0 aliphatic heterocycles. The summed E-state index contributed by atoms with van der Waals surface area (Å²) in [6, 6.07) is 18.5. The van der Waals surface area contributed by atoms with Crippen LogP contribution in [0.25, 0.3) is 5.69 Å². The number of carbonyl (C=O) groups is 1. The van der Waals surface area contributed by atoms with Crippen LogP contribution in [0, 0.1) is 11.3 Å². The molecule has 3 aromatic rings. The average Bonchev–Trinajstić information content (AvgIpc) is 3.06. The number of carboxylic acids is 1. The normalized spacial score (nSPS) is 10.4. The van der Waals surface area contributed by atoms with E-state index in [0.29, 0.717) is 18.8 Å². The second-order valence-corrected chi connectivity index (χ2v) is 5.55. The van der Waals surface area contributed by atoms with Crippen molar-refractivity contribution in [2.45, 2.75) is 13.2 Å². The van der Waals surface area contributed by atoms with Gasteiger partial charge in [-0.2, -0.15) is 5.26 Å². The molecule has 5 heteroatoms. The van der Waals surface area contributed by atoms with Crippen LogP contribution in [-0.2, 0) is 18.0 Å². The first-order valence-electron chi connectivity index (χ1n) is 7.74. The Balaban J connectivity index is 1.73. The summed E-state index contributed by atoms with van der Waals surface area (Å²) in [6.07, 6.45) is 3.55. The maximum absolute atomic E-state index is 10.9. The standard InChI is InChI=1S/C20H16N2O3/c21-10-17-11-22(19-8-6-16(7-9-19)20(23)24)12-18(17)14-25-13-15-4-2-1-3-5-15/h1-9,11-12H,13-14H2,(H,23,24). The van der Waals surface area contributed by atoms with Gasteiger partial charge in [-0.3, -0.25) is 0 Å². The second kappa shape index (κ2) is 7.47. The number of ether oxygens (including phenoxy) is 1. The summed E-state index contributed by atoms with van der Waals surface area (Å²) in [4.78, 5) is 10.9. The minimum absolute atomic E-state index is 0.225. The van der Waals surface area contributed by atoms with Crippen molar-refractivity contribution in [2.75, 3.05) is 0 Å². The Kier molecular flexibility index (Phi) is 4.93. The highest BCUT2D eigenvalue weighted by Gasteiger charge is 2.09. The van der Waals surface area contributed by atoms with Crippen LogP contribution in [0.4, 0.5) is 0 Å². The Hall–Kier alpha value is -3.36. The molecule has 124 valence electrons. The van der Waals surface area contributed by atoms with Gasteiger partial charge in [-0.15, -0.1) is 0 Å². The minimum atomic E-state index is -0.966. The zero-order valence-corrected chi connectivity index (χ0v) is 13.4. The zero-order chi connectivity index (χ0) is 17.6. The summed E-state index contributed by atoms with van der Waals surface area (Å²) in [6.45, 7) is 0.808. The Morgan fingerprint density at radius 3 is 2.40 bits per heavy atom. The maximum atomic E-state index is 10.9. The van der Waals surface area contributed by atoms with E-state index in [1.165, 1.54) is 12.1 Å². The molecule has 0 fully saturated rings. The molecule has 0 atom stereocenters. The van der Waals surface area contributed by atoms with Crippen molar-refractivity contribution in [3.05, 3.63) is 89.2 Å². The summed E-state index contributed by atoms with van der Waals surface area (Å²) in [5.41, 5.74) is 3.42. The van der Waals surface area contributed by atoms with Crippen molar-refractivity contribution in [2.24, 2.45) is 0 Å². The number of hydrogen-bond acceptors (Lipinski definition) is 3. The van der Waals surface area contributed by atoms with Gasteiger partial charge in [0.25, 0.3) is 0 Å². The van der Waals surface area contributed by atoms with Crippen LogP contribution in [0.3, 0.4) is 0 Å². The van der Waals surface area contributed by atoms with Crippen LogP contribution in [0.5, 0.6) is 0 Å². The quantitative estimate of drug-likeness (QED) is 0.745. The summed E-state index contributed by atoms with van der Waals surface area (Å²) in [5.74, 6) is -0.966. The first-order valence-corrected chi connectivity index (χ1v) is 7.74. The van der Waals surface area contributed by atoms with Gasteiger partial charge in [0, 0.05) is 23.6 Å². The lowest BCUT2D eigenvalue weighted by Crippen LogP contribution is -1.97. The number of carboxylic acid groups (broad SMARTS) is 1. The lowest BCUT2D eigenvalue weighted by atomic mass is 10.2. The van der Waals surface area contributed by atoms with E-state index in [-0.39, 0.29) is 5.56 Å². The third kappa shape index (κ3) is 3.94. The van der Waals surface area contributed by atoms with Crippen molar-refractivity contribution in [1.29, 1.82) is 5.26 Å². The van der Waals surface area contributed by atoms with Crippen LogP contribution < -0.4 is 0 Å². The maximum Gasteiger partial charge on any atom is 0.335 e. The van der Waals surface area contributed by atoms with Crippen molar-refractivity contribution >= 4 is 5.97 Å². The van der Waals surface area contributed by atoms with Gasteiger partial charge < -0.3 is 14.4 Å². The molecule has 5 nitrogen and oxygen atoms in total. The van der Waals surface area contributed by atoms with Gasteiger partial charge in [0.2, 0.25) is 0 Å². The molecule has 1 N–H and O–H groups in total. The van der Waals surface area contributed by atoms with Crippen molar-refractivity contribution in [3.63, 3.8) is 0 Å². The topological polar surface area (TPSA) is 75.2 Å². The summed E-state index contributed by atoms with van der Waals surface area (Å²) < 4.78 is 7.50. The van der Waals surface area contributed by atoms with Gasteiger partial charge in [-0.25, -0.2) is 4.79 Å². The van der Waals surface area contributed by atoms with Crippen LogP contribution in [0.1, 0.15) is 27.0 Å². The van der Waals surface area contributed by atoms with Crippen LogP contribution in [0.15, 0.2) is 67.0 Å². The minimum Gasteiger partial charge on any atom is -0.478 e. The second-order valence-electron chi connectivity index (χ2n) is 5.55. The fourth-order valence-corrected chi connectivity index (χ4v) is 2.49. The predicted octanol–water partition coefficient (Wildman–Crippen LogP) is 3.76. The molecular weight excluding hydrogens is 316 g/mol. The van der Waals surface area contributed by atoms with Gasteiger partial charge in [0.05, 0.1) is 24.3 Å². The Morgan fingerprint density at radius 2 is 1.76 bits per heavy atom. The molecule has 0 saturated heterocycles. The monoisotopic (exact) mass is 332 g/mol. The van der Waals surface area contributed by atoms with Crippen LogP contribution >= 0.6 is 0 Å². The number of aromatic nitrogens is 1. The molecule has 0 spiro atoms. The molecule has 2 aromatic carbocycles. The lowest BCUT2D eigenvalue weighted by Gasteiger charge is -2.04. The number of nitriles is 1. The Labute approximate surface area is 145 Å². The molecule has 0 amide bonds. The van der Waals surface area contributed by atoms with Crippen LogP contribution in [-0.4, -0.2) is 15.6 Å². The molecule has 1 heterocycles. The molecule has 0 saturated carbocycles. The van der Waals surface area contributed by atoms with Crippen LogP contribution in [0.2, 0.25) is 0 Å². The molecule has 1 aromatic heterocycles. The molecule has 0 unspecified atom stereocenters. The van der Waals surface area contributed by atoms with E-state index < -0.39 is 5.97 Å². The summed E-state index contributed by atoms with van der Waals surface area (Å²) in [5, 5.41) is 18.3. The molecule has 3 rings (SSSR count). The summed E-state index contributed by atoms with van der Waals surface area (Å²) >= 11 is 0. The number of aromatic carboxylic acids is 1. The number of nitrogens with zero attached hydrogens (tertiary/aromatic N) is 2. The third-order valence-corrected chi connectivity index (χ3v) is 3.81. The molecule has 0 bridgehead atoms. The van der Waals surface area contributed by atoms with Crippen molar-refractivity contribution in [1.82, 2.24) is 4.57 Å². The molecule has 0 aliphatic rings. The van der Waals surface area contributed by atoms with E-state index in [0.717, 1.165) is 16.8 Å². The molecule has 0 aliphatic carbocycles. The SMILES string of the molecule is N#Cc1cn(-c2ccc(C(=O)O)cc2)cc1COCc1ccccc1. The van der Waals surface area contributed by atoms with Gasteiger partial charge in [-0.05, 0) is 29.8 Å². The molecule has 25 heavy (non-hydrogen) atoms. The summed E-state index contributed by atoms with van der Waals surface area (Å²) in [7, 11) is 0.